The van der Waals surface area contributed by atoms with E-state index in [-0.39, 0.29) is 12.0 Å². The Morgan fingerprint density at radius 3 is 2.88 bits per heavy atom. The van der Waals surface area contributed by atoms with Gasteiger partial charge in [-0.05, 0) is 31.9 Å². The molecule has 0 spiro atoms. The number of nitriles is 1. The molecule has 0 radical (unpaired) electrons. The lowest BCUT2D eigenvalue weighted by Gasteiger charge is -2.14. The van der Waals surface area contributed by atoms with Crippen molar-refractivity contribution in [2.24, 2.45) is 5.41 Å². The van der Waals surface area contributed by atoms with Crippen molar-refractivity contribution in [3.63, 3.8) is 0 Å². The van der Waals surface area contributed by atoms with Crippen LogP contribution in [-0.2, 0) is 6.61 Å². The van der Waals surface area contributed by atoms with Crippen molar-refractivity contribution >= 4 is 0 Å². The van der Waals surface area contributed by atoms with Crippen molar-refractivity contribution in [1.82, 2.24) is 4.98 Å². The van der Waals surface area contributed by atoms with Gasteiger partial charge in [0.1, 0.15) is 11.4 Å². The smallest absolute Gasteiger partial charge is 0.143 e. The van der Waals surface area contributed by atoms with Gasteiger partial charge in [0.25, 0.3) is 0 Å². The first-order valence-corrected chi connectivity index (χ1v) is 5.76. The van der Waals surface area contributed by atoms with E-state index in [0.29, 0.717) is 24.5 Å². The summed E-state index contributed by atoms with van der Waals surface area (Å²) in [5.74, 6) is 0.627. The van der Waals surface area contributed by atoms with Gasteiger partial charge in [-0.25, -0.2) is 0 Å². The summed E-state index contributed by atoms with van der Waals surface area (Å²) in [6, 6.07) is 5.89. The fraction of sp³-hybridized carbons (Fsp3) is 0.538. The summed E-state index contributed by atoms with van der Waals surface area (Å²) in [6.07, 6.45) is 2.64. The van der Waals surface area contributed by atoms with Gasteiger partial charge in [0.15, 0.2) is 0 Å². The van der Waals surface area contributed by atoms with Gasteiger partial charge in [-0.15, -0.1) is 0 Å². The van der Waals surface area contributed by atoms with Crippen molar-refractivity contribution in [3.05, 3.63) is 23.5 Å². The Hall–Kier alpha value is -1.60. The van der Waals surface area contributed by atoms with E-state index in [4.69, 9.17) is 10.00 Å². The molecule has 1 aliphatic carbocycles. The van der Waals surface area contributed by atoms with Crippen molar-refractivity contribution in [1.29, 1.82) is 5.26 Å². The van der Waals surface area contributed by atoms with E-state index >= 15 is 0 Å². The molecule has 4 heteroatoms. The number of nitrogens with zero attached hydrogens (tertiary/aromatic N) is 2. The Balaban J connectivity index is 2.02. The molecule has 90 valence electrons. The number of rotatable bonds is 5. The summed E-state index contributed by atoms with van der Waals surface area (Å²) < 4.78 is 5.69. The monoisotopic (exact) mass is 232 g/mol. The van der Waals surface area contributed by atoms with Gasteiger partial charge in [0.05, 0.1) is 19.3 Å². The van der Waals surface area contributed by atoms with Crippen LogP contribution in [0.4, 0.5) is 0 Å². The summed E-state index contributed by atoms with van der Waals surface area (Å²) in [5.41, 5.74) is 1.48. The lowest BCUT2D eigenvalue weighted by Crippen LogP contribution is -2.13. The topological polar surface area (TPSA) is 66.1 Å². The van der Waals surface area contributed by atoms with Crippen LogP contribution in [0.15, 0.2) is 12.1 Å². The first-order chi connectivity index (χ1) is 8.19. The van der Waals surface area contributed by atoms with Crippen molar-refractivity contribution in [3.8, 4) is 11.8 Å². The second-order valence-corrected chi connectivity index (χ2v) is 4.68. The van der Waals surface area contributed by atoms with Crippen molar-refractivity contribution in [2.45, 2.75) is 32.8 Å². The highest BCUT2D eigenvalue weighted by Gasteiger charge is 2.43. The van der Waals surface area contributed by atoms with E-state index in [0.717, 1.165) is 18.5 Å². The number of ether oxygens (including phenoxy) is 1. The molecular formula is C13H16N2O2. The van der Waals surface area contributed by atoms with Gasteiger partial charge < -0.3 is 9.84 Å². The van der Waals surface area contributed by atoms with Crippen LogP contribution >= 0.6 is 0 Å². The molecular weight excluding hydrogens is 216 g/mol. The molecule has 1 aliphatic rings. The standard InChI is InChI=1S/C13H16N2O2/c1-10-2-3-12(11(8-16)15-10)17-9-13(4-5-13)6-7-14/h2-3,16H,4-6,8-9H2,1H3. The molecule has 1 aromatic heterocycles. The second kappa shape index (κ2) is 4.72. The molecule has 1 N–H and O–H groups in total. The van der Waals surface area contributed by atoms with Gasteiger partial charge in [-0.2, -0.15) is 5.26 Å². The summed E-state index contributed by atoms with van der Waals surface area (Å²) in [6.45, 7) is 2.29. The number of hydrogen-bond donors (Lipinski definition) is 1. The summed E-state index contributed by atoms with van der Waals surface area (Å²) in [4.78, 5) is 4.22. The fourth-order valence-electron chi connectivity index (χ4n) is 1.79. The lowest BCUT2D eigenvalue weighted by molar-refractivity contribution is 0.220. The molecule has 17 heavy (non-hydrogen) atoms. The van der Waals surface area contributed by atoms with Crippen LogP contribution in [0, 0.1) is 23.7 Å². The van der Waals surface area contributed by atoms with Gasteiger partial charge in [0.2, 0.25) is 0 Å². The SMILES string of the molecule is Cc1ccc(OCC2(CC#N)CC2)c(CO)n1. The van der Waals surface area contributed by atoms with E-state index in [2.05, 4.69) is 11.1 Å². The Labute approximate surface area is 101 Å². The van der Waals surface area contributed by atoms with E-state index in [9.17, 15) is 5.11 Å². The van der Waals surface area contributed by atoms with E-state index in [1.165, 1.54) is 0 Å². The van der Waals surface area contributed by atoms with E-state index < -0.39 is 0 Å². The van der Waals surface area contributed by atoms with Crippen LogP contribution in [0.1, 0.15) is 30.7 Å². The Morgan fingerprint density at radius 1 is 1.53 bits per heavy atom. The summed E-state index contributed by atoms with van der Waals surface area (Å²) in [5, 5.41) is 17.9. The maximum Gasteiger partial charge on any atom is 0.143 e. The van der Waals surface area contributed by atoms with Gasteiger partial charge in [-0.1, -0.05) is 0 Å². The zero-order chi connectivity index (χ0) is 12.3. The van der Waals surface area contributed by atoms with Crippen molar-refractivity contribution < 1.29 is 9.84 Å². The zero-order valence-corrected chi connectivity index (χ0v) is 9.94. The Kier molecular flexibility index (Phi) is 3.30. The third kappa shape index (κ3) is 2.75. The Bertz CT molecular complexity index is 447. The van der Waals surface area contributed by atoms with Gasteiger partial charge >= 0.3 is 0 Å². The molecule has 1 heterocycles. The van der Waals surface area contributed by atoms with Crippen LogP contribution in [-0.4, -0.2) is 16.7 Å². The molecule has 4 nitrogen and oxygen atoms in total. The number of aliphatic hydroxyl groups is 1. The quantitative estimate of drug-likeness (QED) is 0.842. The molecule has 0 bridgehead atoms. The zero-order valence-electron chi connectivity index (χ0n) is 9.94. The summed E-state index contributed by atoms with van der Waals surface area (Å²) >= 11 is 0. The molecule has 0 aromatic carbocycles. The first kappa shape index (κ1) is 11.9. The maximum atomic E-state index is 9.20. The average Bonchev–Trinajstić information content (AvgIpc) is 3.08. The van der Waals surface area contributed by atoms with Crippen LogP contribution in [0.25, 0.3) is 0 Å². The average molecular weight is 232 g/mol. The number of pyridine rings is 1. The molecule has 0 unspecified atom stereocenters. The number of aliphatic hydroxyl groups excluding tert-OH is 1. The molecule has 0 aliphatic heterocycles. The number of hydrogen-bond acceptors (Lipinski definition) is 4. The normalized spacial score (nSPS) is 16.3. The van der Waals surface area contributed by atoms with Gasteiger partial charge in [0, 0.05) is 17.5 Å². The fourth-order valence-corrected chi connectivity index (χ4v) is 1.79. The third-order valence-corrected chi connectivity index (χ3v) is 3.17. The molecule has 0 amide bonds. The third-order valence-electron chi connectivity index (χ3n) is 3.17. The molecule has 0 atom stereocenters. The van der Waals surface area contributed by atoms with Gasteiger partial charge in [-0.3, -0.25) is 4.98 Å². The molecule has 1 saturated carbocycles. The van der Waals surface area contributed by atoms with Crippen LogP contribution in [0.5, 0.6) is 5.75 Å². The second-order valence-electron chi connectivity index (χ2n) is 4.68. The highest BCUT2D eigenvalue weighted by Crippen LogP contribution is 2.48. The van der Waals surface area contributed by atoms with Crippen LogP contribution in [0.3, 0.4) is 0 Å². The highest BCUT2D eigenvalue weighted by atomic mass is 16.5. The summed E-state index contributed by atoms with van der Waals surface area (Å²) in [7, 11) is 0. The molecule has 1 fully saturated rings. The molecule has 2 rings (SSSR count). The lowest BCUT2D eigenvalue weighted by atomic mass is 10.1. The first-order valence-electron chi connectivity index (χ1n) is 5.76. The highest BCUT2D eigenvalue weighted by molar-refractivity contribution is 5.29. The van der Waals surface area contributed by atoms with Crippen LogP contribution < -0.4 is 4.74 Å². The maximum absolute atomic E-state index is 9.20. The number of aromatic nitrogens is 1. The minimum absolute atomic E-state index is 0.0480. The van der Waals surface area contributed by atoms with Crippen LogP contribution in [0.2, 0.25) is 0 Å². The minimum atomic E-state index is -0.123. The largest absolute Gasteiger partial charge is 0.491 e. The van der Waals surface area contributed by atoms with E-state index in [1.54, 1.807) is 0 Å². The molecule has 1 aromatic rings. The van der Waals surface area contributed by atoms with E-state index in [1.807, 2.05) is 19.1 Å². The predicted molar refractivity (Wildman–Crippen MR) is 62.3 cm³/mol. The predicted octanol–water partition coefficient (Wildman–Crippen LogP) is 1.95. The minimum Gasteiger partial charge on any atom is -0.491 e. The molecule has 0 saturated heterocycles. The Morgan fingerprint density at radius 2 is 2.29 bits per heavy atom. The number of aryl methyl sites for hydroxylation is 1. The van der Waals surface area contributed by atoms with Crippen molar-refractivity contribution in [2.75, 3.05) is 6.61 Å².